The lowest BCUT2D eigenvalue weighted by molar-refractivity contribution is -0.122. The zero-order valence-electron chi connectivity index (χ0n) is 9.49. The van der Waals surface area contributed by atoms with E-state index in [0.29, 0.717) is 18.5 Å². The van der Waals surface area contributed by atoms with Crippen molar-refractivity contribution in [3.05, 3.63) is 12.3 Å². The Morgan fingerprint density at radius 1 is 1.53 bits per heavy atom. The van der Waals surface area contributed by atoms with Crippen molar-refractivity contribution in [2.75, 3.05) is 27.2 Å². The lowest BCUT2D eigenvalue weighted by Crippen LogP contribution is -2.60. The topological polar surface area (TPSA) is 35.6 Å². The molecule has 0 saturated carbocycles. The standard InChI is InChI=1S/C11H19N3O/c1-8-10(4-5-11(15)12-8)14(3)9-6-13(2)7-9/h9-10H,1,4-7H2,2-3H3,(H,12,15). The van der Waals surface area contributed by atoms with Crippen LogP contribution < -0.4 is 5.32 Å². The smallest absolute Gasteiger partial charge is 0.224 e. The highest BCUT2D eigenvalue weighted by Crippen LogP contribution is 2.22. The van der Waals surface area contributed by atoms with Gasteiger partial charge in [0.15, 0.2) is 0 Å². The maximum Gasteiger partial charge on any atom is 0.224 e. The molecule has 15 heavy (non-hydrogen) atoms. The van der Waals surface area contributed by atoms with E-state index in [1.807, 2.05) is 0 Å². The number of likely N-dealkylation sites (tertiary alicyclic amines) is 1. The molecule has 2 fully saturated rings. The molecule has 1 N–H and O–H groups in total. The van der Waals surface area contributed by atoms with E-state index in [0.717, 1.165) is 25.2 Å². The monoisotopic (exact) mass is 209 g/mol. The number of amides is 1. The fraction of sp³-hybridized carbons (Fsp3) is 0.727. The van der Waals surface area contributed by atoms with E-state index in [9.17, 15) is 4.79 Å². The summed E-state index contributed by atoms with van der Waals surface area (Å²) in [6, 6.07) is 0.938. The molecule has 0 aromatic heterocycles. The summed E-state index contributed by atoms with van der Waals surface area (Å²) in [5, 5.41) is 2.84. The Bertz CT molecular complexity index is 284. The predicted octanol–water partition coefficient (Wildman–Crippen LogP) is 0.0245. The van der Waals surface area contributed by atoms with Gasteiger partial charge in [0.05, 0.1) is 0 Å². The quantitative estimate of drug-likeness (QED) is 0.696. The molecule has 0 aliphatic carbocycles. The average Bonchev–Trinajstić information content (AvgIpc) is 2.12. The molecule has 0 radical (unpaired) electrons. The highest BCUT2D eigenvalue weighted by Gasteiger charge is 2.34. The normalized spacial score (nSPS) is 29.1. The number of carbonyl (C=O) groups is 1. The molecule has 2 saturated heterocycles. The zero-order valence-corrected chi connectivity index (χ0v) is 9.49. The number of nitrogens with zero attached hydrogens (tertiary/aromatic N) is 2. The molecule has 1 atom stereocenters. The van der Waals surface area contributed by atoms with Crippen LogP contribution in [0.5, 0.6) is 0 Å². The van der Waals surface area contributed by atoms with Crippen LogP contribution in [0.2, 0.25) is 0 Å². The van der Waals surface area contributed by atoms with Crippen molar-refractivity contribution in [3.8, 4) is 0 Å². The molecule has 2 aliphatic rings. The van der Waals surface area contributed by atoms with E-state index in [-0.39, 0.29) is 5.91 Å². The molecule has 2 aliphatic heterocycles. The Kier molecular flexibility index (Phi) is 2.80. The molecule has 84 valence electrons. The summed E-state index contributed by atoms with van der Waals surface area (Å²) in [5.41, 5.74) is 0.864. The third-order valence-electron chi connectivity index (χ3n) is 3.46. The van der Waals surface area contributed by atoms with E-state index in [1.54, 1.807) is 0 Å². The van der Waals surface area contributed by atoms with E-state index >= 15 is 0 Å². The fourth-order valence-electron chi connectivity index (χ4n) is 2.39. The molecule has 4 nitrogen and oxygen atoms in total. The summed E-state index contributed by atoms with van der Waals surface area (Å²) >= 11 is 0. The zero-order chi connectivity index (χ0) is 11.0. The maximum atomic E-state index is 11.1. The molecule has 0 aromatic carbocycles. The van der Waals surface area contributed by atoms with Crippen LogP contribution in [0.25, 0.3) is 0 Å². The first-order valence-corrected chi connectivity index (χ1v) is 5.47. The number of hydrogen-bond donors (Lipinski definition) is 1. The Morgan fingerprint density at radius 3 is 2.73 bits per heavy atom. The van der Waals surface area contributed by atoms with Gasteiger partial charge in [-0.3, -0.25) is 9.69 Å². The van der Waals surface area contributed by atoms with Crippen LogP contribution in [0.3, 0.4) is 0 Å². The van der Waals surface area contributed by atoms with Gasteiger partial charge in [0.2, 0.25) is 5.91 Å². The summed E-state index contributed by atoms with van der Waals surface area (Å²) in [4.78, 5) is 15.8. The van der Waals surface area contributed by atoms with Gasteiger partial charge in [-0.2, -0.15) is 0 Å². The van der Waals surface area contributed by atoms with Gasteiger partial charge >= 0.3 is 0 Å². The number of nitrogens with one attached hydrogen (secondary N) is 1. The van der Waals surface area contributed by atoms with Gasteiger partial charge in [-0.15, -0.1) is 0 Å². The van der Waals surface area contributed by atoms with Crippen molar-refractivity contribution in [1.29, 1.82) is 0 Å². The van der Waals surface area contributed by atoms with Gasteiger partial charge in [-0.25, -0.2) is 0 Å². The minimum atomic E-state index is 0.107. The Balaban J connectivity index is 1.92. The van der Waals surface area contributed by atoms with Crippen molar-refractivity contribution in [1.82, 2.24) is 15.1 Å². The number of carbonyl (C=O) groups excluding carboxylic acids is 1. The maximum absolute atomic E-state index is 11.1. The third kappa shape index (κ3) is 2.06. The second-order valence-electron chi connectivity index (χ2n) is 4.67. The van der Waals surface area contributed by atoms with Gasteiger partial charge in [0.1, 0.15) is 0 Å². The van der Waals surface area contributed by atoms with Gasteiger partial charge < -0.3 is 10.2 Å². The SMILES string of the molecule is C=C1NC(=O)CCC1N(C)C1CN(C)C1. The molecular weight excluding hydrogens is 190 g/mol. The molecule has 1 amide bonds. The first-order valence-electron chi connectivity index (χ1n) is 5.47. The number of likely N-dealkylation sites (N-methyl/N-ethyl adjacent to an activating group) is 2. The number of hydrogen-bond acceptors (Lipinski definition) is 3. The third-order valence-corrected chi connectivity index (χ3v) is 3.46. The van der Waals surface area contributed by atoms with Crippen molar-refractivity contribution < 1.29 is 4.79 Å². The molecule has 2 heterocycles. The number of rotatable bonds is 2. The van der Waals surface area contributed by atoms with Crippen LogP contribution >= 0.6 is 0 Å². The van der Waals surface area contributed by atoms with E-state index in [4.69, 9.17) is 0 Å². The first-order chi connectivity index (χ1) is 7.08. The average molecular weight is 209 g/mol. The van der Waals surface area contributed by atoms with Gasteiger partial charge in [-0.1, -0.05) is 6.58 Å². The number of piperidine rings is 1. The van der Waals surface area contributed by atoms with Gasteiger partial charge in [-0.05, 0) is 20.5 Å². The van der Waals surface area contributed by atoms with Crippen LogP contribution in [-0.2, 0) is 4.79 Å². The molecule has 1 unspecified atom stereocenters. The second kappa shape index (κ2) is 3.94. The molecule has 0 spiro atoms. The minimum Gasteiger partial charge on any atom is -0.329 e. The predicted molar refractivity (Wildman–Crippen MR) is 59.4 cm³/mol. The minimum absolute atomic E-state index is 0.107. The molecular formula is C11H19N3O. The van der Waals surface area contributed by atoms with Gasteiger partial charge in [0.25, 0.3) is 0 Å². The first kappa shape index (κ1) is 10.6. The highest BCUT2D eigenvalue weighted by atomic mass is 16.1. The van der Waals surface area contributed by atoms with Crippen molar-refractivity contribution >= 4 is 5.91 Å². The summed E-state index contributed by atoms with van der Waals surface area (Å²) in [7, 11) is 4.26. The van der Waals surface area contributed by atoms with Crippen LogP contribution in [-0.4, -0.2) is 55.0 Å². The summed E-state index contributed by atoms with van der Waals surface area (Å²) < 4.78 is 0. The van der Waals surface area contributed by atoms with Crippen LogP contribution in [0, 0.1) is 0 Å². The second-order valence-corrected chi connectivity index (χ2v) is 4.67. The lowest BCUT2D eigenvalue weighted by Gasteiger charge is -2.46. The summed E-state index contributed by atoms with van der Waals surface area (Å²) in [5.74, 6) is 0.107. The molecule has 0 aromatic rings. The van der Waals surface area contributed by atoms with Crippen molar-refractivity contribution in [2.45, 2.75) is 24.9 Å². The Hall–Kier alpha value is -0.870. The Labute approximate surface area is 90.9 Å². The largest absolute Gasteiger partial charge is 0.329 e. The van der Waals surface area contributed by atoms with E-state index in [1.165, 1.54) is 0 Å². The van der Waals surface area contributed by atoms with Gasteiger partial charge in [0, 0.05) is 37.3 Å². The van der Waals surface area contributed by atoms with Crippen LogP contribution in [0.15, 0.2) is 12.3 Å². The van der Waals surface area contributed by atoms with E-state index in [2.05, 4.69) is 35.8 Å². The molecule has 2 rings (SSSR count). The van der Waals surface area contributed by atoms with E-state index < -0.39 is 0 Å². The van der Waals surface area contributed by atoms with Crippen molar-refractivity contribution in [3.63, 3.8) is 0 Å². The molecule has 4 heteroatoms. The fourth-order valence-corrected chi connectivity index (χ4v) is 2.39. The highest BCUT2D eigenvalue weighted by molar-refractivity contribution is 5.79. The summed E-state index contributed by atoms with van der Waals surface area (Å²) in [6.07, 6.45) is 1.53. The summed E-state index contributed by atoms with van der Waals surface area (Å²) in [6.45, 7) is 6.18. The lowest BCUT2D eigenvalue weighted by atomic mass is 9.98. The van der Waals surface area contributed by atoms with Crippen molar-refractivity contribution in [2.24, 2.45) is 0 Å². The Morgan fingerprint density at radius 2 is 2.20 bits per heavy atom. The molecule has 0 bridgehead atoms. The van der Waals surface area contributed by atoms with Crippen LogP contribution in [0.4, 0.5) is 0 Å². The van der Waals surface area contributed by atoms with Crippen LogP contribution in [0.1, 0.15) is 12.8 Å².